The van der Waals surface area contributed by atoms with Crippen molar-refractivity contribution in [2.75, 3.05) is 11.9 Å². The minimum absolute atomic E-state index is 0.380. The van der Waals surface area contributed by atoms with Crippen LogP contribution >= 0.6 is 0 Å². The van der Waals surface area contributed by atoms with Gasteiger partial charge in [-0.25, -0.2) is 9.97 Å². The van der Waals surface area contributed by atoms with Crippen molar-refractivity contribution in [3.63, 3.8) is 0 Å². The average molecular weight is 411 g/mol. The van der Waals surface area contributed by atoms with Crippen molar-refractivity contribution in [1.82, 2.24) is 24.8 Å². The van der Waals surface area contributed by atoms with Gasteiger partial charge in [-0.2, -0.15) is 0 Å². The van der Waals surface area contributed by atoms with Crippen molar-refractivity contribution >= 4 is 22.7 Å². The largest absolute Gasteiger partial charge is 0.325 e. The Morgan fingerprint density at radius 1 is 0.935 bits per heavy atom. The van der Waals surface area contributed by atoms with Crippen LogP contribution in [0.15, 0.2) is 67.1 Å². The van der Waals surface area contributed by atoms with E-state index >= 15 is 0 Å². The van der Waals surface area contributed by atoms with Crippen LogP contribution in [0, 0.1) is 6.92 Å². The molecule has 0 aliphatic carbocycles. The second-order valence-corrected chi connectivity index (χ2v) is 8.13. The third kappa shape index (κ3) is 4.54. The van der Waals surface area contributed by atoms with Gasteiger partial charge in [0.1, 0.15) is 11.6 Å². The lowest BCUT2D eigenvalue weighted by molar-refractivity contribution is 0.140. The maximum Gasteiger partial charge on any atom is 0.131 e. The topological polar surface area (TPSA) is 66.8 Å². The number of piperidine rings is 1. The molecule has 0 amide bonds. The van der Waals surface area contributed by atoms with Gasteiger partial charge in [-0.1, -0.05) is 24.6 Å². The fourth-order valence-corrected chi connectivity index (χ4v) is 4.32. The molecule has 1 aromatic carbocycles. The van der Waals surface area contributed by atoms with Gasteiger partial charge in [0.2, 0.25) is 0 Å². The van der Waals surface area contributed by atoms with Crippen molar-refractivity contribution in [3.8, 4) is 0 Å². The molecule has 4 aromatic rings. The Labute approximate surface area is 182 Å². The zero-order valence-electron chi connectivity index (χ0n) is 17.7. The van der Waals surface area contributed by atoms with E-state index in [1.807, 2.05) is 31.3 Å². The molecule has 0 radical (unpaired) electrons. The van der Waals surface area contributed by atoms with Gasteiger partial charge in [0, 0.05) is 36.9 Å². The summed E-state index contributed by atoms with van der Waals surface area (Å²) >= 11 is 0. The highest BCUT2D eigenvalue weighted by atomic mass is 15.2. The maximum absolute atomic E-state index is 4.67. The van der Waals surface area contributed by atoms with Crippen LogP contribution in [0.4, 0.5) is 11.6 Å². The summed E-state index contributed by atoms with van der Waals surface area (Å²) in [5, 5.41) is 3.29. The predicted octanol–water partition coefficient (Wildman–Crippen LogP) is 5.20. The summed E-state index contributed by atoms with van der Waals surface area (Å²) in [6, 6.07) is 17.0. The zero-order chi connectivity index (χ0) is 21.0. The number of aryl methyl sites for hydroxylation is 1. The summed E-state index contributed by atoms with van der Waals surface area (Å²) in [5.74, 6) is 1.64. The summed E-state index contributed by atoms with van der Waals surface area (Å²) < 4.78 is 0. The van der Waals surface area contributed by atoms with Gasteiger partial charge in [0.15, 0.2) is 0 Å². The van der Waals surface area contributed by atoms with Gasteiger partial charge >= 0.3 is 0 Å². The van der Waals surface area contributed by atoms with E-state index in [0.29, 0.717) is 6.04 Å². The molecule has 4 heterocycles. The number of hydrogen-bond acceptors (Lipinski definition) is 6. The highest BCUT2D eigenvalue weighted by Gasteiger charge is 2.24. The smallest absolute Gasteiger partial charge is 0.131 e. The molecule has 3 aromatic heterocycles. The first-order valence-corrected chi connectivity index (χ1v) is 10.8. The third-order valence-corrected chi connectivity index (χ3v) is 5.85. The molecule has 1 aliphatic heterocycles. The highest BCUT2D eigenvalue weighted by Crippen LogP contribution is 2.32. The van der Waals surface area contributed by atoms with Crippen LogP contribution < -0.4 is 5.32 Å². The number of benzene rings is 1. The lowest BCUT2D eigenvalue weighted by atomic mass is 9.95. The van der Waals surface area contributed by atoms with Crippen molar-refractivity contribution < 1.29 is 0 Å². The van der Waals surface area contributed by atoms with Crippen LogP contribution in [-0.4, -0.2) is 31.4 Å². The van der Waals surface area contributed by atoms with Crippen LogP contribution in [-0.2, 0) is 6.54 Å². The van der Waals surface area contributed by atoms with Crippen molar-refractivity contribution in [3.05, 3.63) is 83.9 Å². The number of fused-ring (bicyclic) bond motifs is 1. The number of likely N-dealkylation sites (tertiary alicyclic amines) is 1. The summed E-state index contributed by atoms with van der Waals surface area (Å²) in [4.78, 5) is 20.6. The molecule has 0 saturated carbocycles. The van der Waals surface area contributed by atoms with Gasteiger partial charge in [-0.15, -0.1) is 0 Å². The van der Waals surface area contributed by atoms with E-state index in [0.717, 1.165) is 47.9 Å². The van der Waals surface area contributed by atoms with Crippen molar-refractivity contribution in [1.29, 1.82) is 0 Å². The highest BCUT2D eigenvalue weighted by molar-refractivity contribution is 5.74. The standard InChI is InChI=1S/C25H26N6/c1-18-5-4-7-25(29-18)30-24-11-9-20(16-28-24)23-6-2-3-14-31(23)17-19-8-10-21-22(15-19)27-13-12-26-21/h4-5,7-13,15-16,23H,2-3,6,14,17H2,1H3,(H,28,29,30). The molecule has 0 spiro atoms. The molecule has 31 heavy (non-hydrogen) atoms. The second kappa shape index (κ2) is 8.78. The first-order valence-electron chi connectivity index (χ1n) is 10.8. The van der Waals surface area contributed by atoms with Crippen molar-refractivity contribution in [2.24, 2.45) is 0 Å². The van der Waals surface area contributed by atoms with Crippen LogP contribution in [0.3, 0.4) is 0 Å². The number of anilines is 2. The van der Waals surface area contributed by atoms with E-state index < -0.39 is 0 Å². The van der Waals surface area contributed by atoms with Crippen LogP contribution in [0.2, 0.25) is 0 Å². The lowest BCUT2D eigenvalue weighted by Crippen LogP contribution is -2.33. The second-order valence-electron chi connectivity index (χ2n) is 8.13. The number of nitrogens with zero attached hydrogens (tertiary/aromatic N) is 5. The Morgan fingerprint density at radius 2 is 1.84 bits per heavy atom. The quantitative estimate of drug-likeness (QED) is 0.488. The number of aromatic nitrogens is 4. The first kappa shape index (κ1) is 19.6. The SMILES string of the molecule is Cc1cccc(Nc2ccc(C3CCCCN3Cc3ccc4nccnc4c3)cn2)n1. The number of rotatable bonds is 5. The van der Waals surface area contributed by atoms with Crippen LogP contribution in [0.1, 0.15) is 42.1 Å². The molecule has 1 saturated heterocycles. The van der Waals surface area contributed by atoms with E-state index in [1.165, 1.54) is 24.0 Å². The molecule has 1 aliphatic rings. The fraction of sp³-hybridized carbons (Fsp3) is 0.280. The van der Waals surface area contributed by atoms with E-state index in [4.69, 9.17) is 0 Å². The van der Waals surface area contributed by atoms with E-state index in [2.05, 4.69) is 60.5 Å². The minimum atomic E-state index is 0.380. The van der Waals surface area contributed by atoms with Crippen molar-refractivity contribution in [2.45, 2.75) is 38.8 Å². The summed E-state index contributed by atoms with van der Waals surface area (Å²) in [6.07, 6.45) is 9.13. The molecule has 1 N–H and O–H groups in total. The Bertz CT molecular complexity index is 1170. The number of nitrogens with one attached hydrogen (secondary N) is 1. The van der Waals surface area contributed by atoms with E-state index in [9.17, 15) is 0 Å². The molecule has 1 unspecified atom stereocenters. The lowest BCUT2D eigenvalue weighted by Gasteiger charge is -2.36. The van der Waals surface area contributed by atoms with Gasteiger partial charge in [0.05, 0.1) is 11.0 Å². The Balaban J connectivity index is 1.32. The minimum Gasteiger partial charge on any atom is -0.325 e. The molecular weight excluding hydrogens is 384 g/mol. The van der Waals surface area contributed by atoms with Gasteiger partial charge in [-0.3, -0.25) is 14.9 Å². The Hall–Kier alpha value is -3.38. The number of pyridine rings is 2. The van der Waals surface area contributed by atoms with Gasteiger partial charge in [-0.05, 0) is 67.8 Å². The third-order valence-electron chi connectivity index (χ3n) is 5.85. The molecule has 1 fully saturated rings. The van der Waals surface area contributed by atoms with Crippen LogP contribution in [0.25, 0.3) is 11.0 Å². The summed E-state index contributed by atoms with van der Waals surface area (Å²) in [7, 11) is 0. The average Bonchev–Trinajstić information content (AvgIpc) is 2.80. The normalized spacial score (nSPS) is 17.0. The first-order chi connectivity index (χ1) is 15.2. The summed E-state index contributed by atoms with van der Waals surface area (Å²) in [5.41, 5.74) is 5.42. The number of hydrogen-bond donors (Lipinski definition) is 1. The molecule has 1 atom stereocenters. The van der Waals surface area contributed by atoms with Gasteiger partial charge in [0.25, 0.3) is 0 Å². The molecular formula is C25H26N6. The van der Waals surface area contributed by atoms with E-state index in [-0.39, 0.29) is 0 Å². The Kier molecular flexibility index (Phi) is 5.54. The zero-order valence-corrected chi connectivity index (χ0v) is 17.7. The molecule has 156 valence electrons. The predicted molar refractivity (Wildman–Crippen MR) is 123 cm³/mol. The molecule has 6 nitrogen and oxygen atoms in total. The Morgan fingerprint density at radius 3 is 2.68 bits per heavy atom. The molecule has 6 heteroatoms. The molecule has 0 bridgehead atoms. The summed E-state index contributed by atoms with van der Waals surface area (Å²) in [6.45, 7) is 3.99. The maximum atomic E-state index is 4.67. The fourth-order valence-electron chi connectivity index (χ4n) is 4.32. The van der Waals surface area contributed by atoms with Crippen LogP contribution in [0.5, 0.6) is 0 Å². The molecule has 5 rings (SSSR count). The van der Waals surface area contributed by atoms with E-state index in [1.54, 1.807) is 12.4 Å². The monoisotopic (exact) mass is 410 g/mol. The van der Waals surface area contributed by atoms with Gasteiger partial charge < -0.3 is 5.32 Å².